The van der Waals surface area contributed by atoms with Crippen LogP contribution in [0.4, 0.5) is 0 Å². The van der Waals surface area contributed by atoms with Crippen molar-refractivity contribution in [1.82, 2.24) is 0 Å². The van der Waals surface area contributed by atoms with Crippen LogP contribution in [0.5, 0.6) is 0 Å². The van der Waals surface area contributed by atoms with Gasteiger partial charge in [0.2, 0.25) is 0 Å². The Balaban J connectivity index is 2.37. The fraction of sp³-hybridized carbons (Fsp3) is 0.400. The van der Waals surface area contributed by atoms with Crippen LogP contribution in [0, 0.1) is 0 Å². The van der Waals surface area contributed by atoms with Crippen molar-refractivity contribution in [3.05, 3.63) is 42.0 Å². The molecular formula is C15H20Zr. The van der Waals surface area contributed by atoms with Gasteiger partial charge in [0, 0.05) is 0 Å². The molecule has 0 unspecified atom stereocenters. The summed E-state index contributed by atoms with van der Waals surface area (Å²) in [6, 6.07) is 0. The van der Waals surface area contributed by atoms with Crippen molar-refractivity contribution in [2.24, 2.45) is 0 Å². The van der Waals surface area contributed by atoms with E-state index in [2.05, 4.69) is 48.8 Å². The minimum absolute atomic E-state index is 1.23. The molecule has 84 valence electrons. The van der Waals surface area contributed by atoms with Crippen LogP contribution in [0.15, 0.2) is 42.0 Å². The molecule has 2 aliphatic carbocycles. The van der Waals surface area contributed by atoms with Crippen LogP contribution in [-0.4, -0.2) is 3.71 Å². The molecule has 2 rings (SSSR count). The summed E-state index contributed by atoms with van der Waals surface area (Å²) in [7, 11) is 0. The fourth-order valence-electron chi connectivity index (χ4n) is 2.51. The van der Waals surface area contributed by atoms with Gasteiger partial charge >= 0.3 is 107 Å². The van der Waals surface area contributed by atoms with Crippen molar-refractivity contribution in [3.63, 3.8) is 0 Å². The molecule has 0 aromatic carbocycles. The molecule has 0 saturated heterocycles. The first kappa shape index (κ1) is 12.2. The zero-order chi connectivity index (χ0) is 11.5. The first-order chi connectivity index (χ1) is 7.74. The third-order valence-corrected chi connectivity index (χ3v) is 11.5. The fourth-order valence-corrected chi connectivity index (χ4v) is 9.78. The molecule has 0 saturated carbocycles. The quantitative estimate of drug-likeness (QED) is 0.728. The summed E-state index contributed by atoms with van der Waals surface area (Å²) in [5.74, 6) is 0. The predicted octanol–water partition coefficient (Wildman–Crippen LogP) is 4.28. The van der Waals surface area contributed by atoms with E-state index in [4.69, 9.17) is 0 Å². The standard InChI is InChI=1S/2C6H7.C3H6.Zr/c2*1-6-4-2-3-5-6;1-3-2;/h2*2,4H,3H2,1H3;1H,3H2,2H3;. The molecule has 0 N–H and O–H groups in total. The monoisotopic (exact) mass is 290 g/mol. The van der Waals surface area contributed by atoms with Crippen molar-refractivity contribution in [2.75, 3.05) is 0 Å². The van der Waals surface area contributed by atoms with E-state index in [0.717, 1.165) is 0 Å². The van der Waals surface area contributed by atoms with Crippen LogP contribution in [0.25, 0.3) is 0 Å². The van der Waals surface area contributed by atoms with Crippen molar-refractivity contribution >= 4 is 3.71 Å². The first-order valence-corrected chi connectivity index (χ1v) is 10.0. The van der Waals surface area contributed by atoms with Crippen molar-refractivity contribution in [3.8, 4) is 0 Å². The van der Waals surface area contributed by atoms with Crippen molar-refractivity contribution in [2.45, 2.75) is 40.0 Å². The Morgan fingerprint density at radius 1 is 1.06 bits per heavy atom. The van der Waals surface area contributed by atoms with E-state index < -0.39 is 21.3 Å². The van der Waals surface area contributed by atoms with Gasteiger partial charge in [-0.3, -0.25) is 0 Å². The van der Waals surface area contributed by atoms with Gasteiger partial charge in [0.1, 0.15) is 0 Å². The number of allylic oxidation sites excluding steroid dienone is 8. The second-order valence-electron chi connectivity index (χ2n) is 4.56. The summed E-state index contributed by atoms with van der Waals surface area (Å²) in [6.07, 6.45) is 13.0. The normalized spacial score (nSPS) is 18.9. The zero-order valence-corrected chi connectivity index (χ0v) is 13.0. The van der Waals surface area contributed by atoms with E-state index in [1.54, 1.807) is 11.1 Å². The molecule has 0 amide bonds. The van der Waals surface area contributed by atoms with E-state index in [1.165, 1.54) is 19.3 Å². The molecule has 1 heteroatoms. The number of hydrogen-bond acceptors (Lipinski definition) is 0. The molecule has 0 spiro atoms. The van der Waals surface area contributed by atoms with Crippen LogP contribution in [0.2, 0.25) is 0 Å². The van der Waals surface area contributed by atoms with Gasteiger partial charge < -0.3 is 0 Å². The molecule has 0 radical (unpaired) electrons. The van der Waals surface area contributed by atoms with Crippen LogP contribution < -0.4 is 0 Å². The van der Waals surface area contributed by atoms with Gasteiger partial charge in [-0.1, -0.05) is 0 Å². The Bertz CT molecular complexity index is 404. The summed E-state index contributed by atoms with van der Waals surface area (Å²) in [4.78, 5) is 0. The van der Waals surface area contributed by atoms with E-state index in [-0.39, 0.29) is 0 Å². The predicted molar refractivity (Wildman–Crippen MR) is 69.3 cm³/mol. The molecule has 0 bridgehead atoms. The molecule has 0 fully saturated rings. The summed E-state index contributed by atoms with van der Waals surface area (Å²) < 4.78 is 6.28. The molecular weight excluding hydrogens is 271 g/mol. The number of rotatable bonds is 3. The van der Waals surface area contributed by atoms with Crippen LogP contribution in [0.1, 0.15) is 40.0 Å². The summed E-state index contributed by atoms with van der Waals surface area (Å²) in [5, 5.41) is 0. The molecule has 16 heavy (non-hydrogen) atoms. The van der Waals surface area contributed by atoms with Crippen LogP contribution >= 0.6 is 0 Å². The average Bonchev–Trinajstić information content (AvgIpc) is 2.84. The van der Waals surface area contributed by atoms with E-state index in [9.17, 15) is 0 Å². The molecule has 0 aromatic rings. The molecule has 0 aliphatic heterocycles. The third kappa shape index (κ3) is 2.35. The Labute approximate surface area is 107 Å². The maximum absolute atomic E-state index is 2.67. The molecule has 0 heterocycles. The van der Waals surface area contributed by atoms with Gasteiger partial charge in [-0.05, 0) is 0 Å². The van der Waals surface area contributed by atoms with Crippen molar-refractivity contribution in [1.29, 1.82) is 0 Å². The Hall–Kier alpha value is -0.287. The first-order valence-electron chi connectivity index (χ1n) is 6.17. The Morgan fingerprint density at radius 3 is 1.88 bits per heavy atom. The molecule has 0 atom stereocenters. The summed E-state index contributed by atoms with van der Waals surface area (Å²) in [6.45, 7) is 6.87. The third-order valence-electron chi connectivity index (χ3n) is 3.39. The van der Waals surface area contributed by atoms with E-state index >= 15 is 0 Å². The second-order valence-corrected chi connectivity index (χ2v) is 10.6. The van der Waals surface area contributed by atoms with Gasteiger partial charge in [0.15, 0.2) is 0 Å². The summed E-state index contributed by atoms with van der Waals surface area (Å²) >= 11 is -1.58. The Morgan fingerprint density at radius 2 is 1.56 bits per heavy atom. The SMILES string of the molecule is CC[CH]=[Zr]([C]1=C(C)C=CC1)[C]1=C(C)C=CC1. The molecule has 0 aromatic heterocycles. The van der Waals surface area contributed by atoms with Gasteiger partial charge in [0.25, 0.3) is 0 Å². The van der Waals surface area contributed by atoms with Gasteiger partial charge in [-0.25, -0.2) is 0 Å². The zero-order valence-electron chi connectivity index (χ0n) is 10.5. The van der Waals surface area contributed by atoms with E-state index in [1.807, 2.05) is 6.56 Å². The van der Waals surface area contributed by atoms with Crippen LogP contribution in [-0.2, 0) is 21.3 Å². The topological polar surface area (TPSA) is 0 Å². The van der Waals surface area contributed by atoms with Gasteiger partial charge in [0.05, 0.1) is 0 Å². The Kier molecular flexibility index (Phi) is 4.08. The number of hydrogen-bond donors (Lipinski definition) is 0. The average molecular weight is 292 g/mol. The summed E-state index contributed by atoms with van der Waals surface area (Å²) in [5.41, 5.74) is 3.12. The van der Waals surface area contributed by atoms with Crippen LogP contribution in [0.3, 0.4) is 0 Å². The van der Waals surface area contributed by atoms with Crippen molar-refractivity contribution < 1.29 is 21.3 Å². The molecule has 2 aliphatic rings. The molecule has 0 nitrogen and oxygen atoms in total. The van der Waals surface area contributed by atoms with Gasteiger partial charge in [-0.15, -0.1) is 0 Å². The minimum atomic E-state index is -1.58. The van der Waals surface area contributed by atoms with Gasteiger partial charge in [-0.2, -0.15) is 0 Å². The second kappa shape index (κ2) is 5.36. The maximum atomic E-state index is 2.67. The van der Waals surface area contributed by atoms with E-state index in [0.29, 0.717) is 0 Å².